The van der Waals surface area contributed by atoms with Crippen LogP contribution < -0.4 is 10.1 Å². The molecule has 1 amide bonds. The van der Waals surface area contributed by atoms with E-state index in [1.54, 1.807) is 6.07 Å². The molecule has 0 unspecified atom stereocenters. The average molecular weight is 404 g/mol. The lowest BCUT2D eigenvalue weighted by molar-refractivity contribution is -0.115. The highest BCUT2D eigenvalue weighted by Gasteiger charge is 2.27. The fourth-order valence-electron chi connectivity index (χ4n) is 2.97. The highest BCUT2D eigenvalue weighted by molar-refractivity contribution is 7.89. The minimum absolute atomic E-state index is 0.112. The lowest BCUT2D eigenvalue weighted by atomic mass is 10.1. The summed E-state index contributed by atoms with van der Waals surface area (Å²) in [6.45, 7) is 3.34. The summed E-state index contributed by atoms with van der Waals surface area (Å²) in [5, 5.41) is 2.77. The number of rotatable bonds is 6. The number of carbonyl (C=O) groups is 1. The van der Waals surface area contributed by atoms with Gasteiger partial charge in [0.2, 0.25) is 15.9 Å². The molecule has 8 heteroatoms. The maximum atomic E-state index is 12.9. The molecular formula is C20H24N2O5S. The van der Waals surface area contributed by atoms with E-state index in [1.165, 1.54) is 23.5 Å². The molecule has 0 spiro atoms. The summed E-state index contributed by atoms with van der Waals surface area (Å²) >= 11 is 0. The van der Waals surface area contributed by atoms with Crippen molar-refractivity contribution in [1.29, 1.82) is 0 Å². The van der Waals surface area contributed by atoms with E-state index in [2.05, 4.69) is 5.32 Å². The minimum atomic E-state index is -3.66. The van der Waals surface area contributed by atoms with E-state index < -0.39 is 10.0 Å². The van der Waals surface area contributed by atoms with Crippen LogP contribution in [0.25, 0.3) is 0 Å². The van der Waals surface area contributed by atoms with Gasteiger partial charge in [-0.05, 0) is 30.7 Å². The van der Waals surface area contributed by atoms with Crippen molar-refractivity contribution in [3.63, 3.8) is 0 Å². The van der Waals surface area contributed by atoms with Crippen LogP contribution in [0.3, 0.4) is 0 Å². The van der Waals surface area contributed by atoms with Crippen LogP contribution in [0.1, 0.15) is 11.1 Å². The monoisotopic (exact) mass is 404 g/mol. The largest absolute Gasteiger partial charge is 0.495 e. The Kier molecular flexibility index (Phi) is 6.33. The lowest BCUT2D eigenvalue weighted by Gasteiger charge is -2.26. The van der Waals surface area contributed by atoms with Gasteiger partial charge in [0.15, 0.2) is 0 Å². The number of ether oxygens (including phenoxy) is 2. The number of nitrogens with zero attached hydrogens (tertiary/aromatic N) is 1. The molecule has 0 atom stereocenters. The second-order valence-electron chi connectivity index (χ2n) is 6.59. The smallest absolute Gasteiger partial charge is 0.243 e. The number of anilines is 1. The predicted molar refractivity (Wildman–Crippen MR) is 106 cm³/mol. The number of hydrogen-bond acceptors (Lipinski definition) is 5. The van der Waals surface area contributed by atoms with Crippen LogP contribution >= 0.6 is 0 Å². The average Bonchev–Trinajstić information content (AvgIpc) is 2.70. The summed E-state index contributed by atoms with van der Waals surface area (Å²) in [6.07, 6.45) is 0.184. The second kappa shape index (κ2) is 8.72. The van der Waals surface area contributed by atoms with Gasteiger partial charge in [-0.3, -0.25) is 4.79 Å². The molecule has 150 valence electrons. The zero-order chi connectivity index (χ0) is 20.1. The molecule has 1 heterocycles. The first-order valence-corrected chi connectivity index (χ1v) is 10.5. The van der Waals surface area contributed by atoms with E-state index in [9.17, 15) is 13.2 Å². The molecule has 2 aromatic carbocycles. The summed E-state index contributed by atoms with van der Waals surface area (Å²) in [6, 6.07) is 12.2. The van der Waals surface area contributed by atoms with E-state index in [4.69, 9.17) is 9.47 Å². The van der Waals surface area contributed by atoms with E-state index >= 15 is 0 Å². The van der Waals surface area contributed by atoms with Crippen LogP contribution in [0, 0.1) is 6.92 Å². The van der Waals surface area contributed by atoms with Gasteiger partial charge in [0, 0.05) is 13.1 Å². The van der Waals surface area contributed by atoms with Gasteiger partial charge in [-0.15, -0.1) is 0 Å². The number of carbonyl (C=O) groups excluding carboxylic acids is 1. The van der Waals surface area contributed by atoms with Gasteiger partial charge >= 0.3 is 0 Å². The maximum absolute atomic E-state index is 12.9. The Morgan fingerprint density at radius 1 is 1.14 bits per heavy atom. The quantitative estimate of drug-likeness (QED) is 0.798. The van der Waals surface area contributed by atoms with Crippen molar-refractivity contribution in [2.45, 2.75) is 18.2 Å². The molecule has 1 N–H and O–H groups in total. The first kappa shape index (κ1) is 20.3. The first-order chi connectivity index (χ1) is 13.4. The van der Waals surface area contributed by atoms with Gasteiger partial charge in [-0.1, -0.05) is 29.8 Å². The molecule has 1 aliphatic rings. The van der Waals surface area contributed by atoms with Gasteiger partial charge in [0.25, 0.3) is 0 Å². The molecule has 1 aliphatic heterocycles. The summed E-state index contributed by atoms with van der Waals surface area (Å²) in [4.78, 5) is 12.6. The third-order valence-corrected chi connectivity index (χ3v) is 6.43. The summed E-state index contributed by atoms with van der Waals surface area (Å²) < 4.78 is 37.6. The standard InChI is InChI=1S/C20H24N2O5S/c1-15-3-5-16(6-4-15)13-20(23)21-18-14-17(7-8-19(18)26-2)28(24,25)22-9-11-27-12-10-22/h3-8,14H,9-13H2,1-2H3,(H,21,23). The summed E-state index contributed by atoms with van der Waals surface area (Å²) in [5.74, 6) is 0.154. The van der Waals surface area contributed by atoms with Crippen LogP contribution in [0.2, 0.25) is 0 Å². The van der Waals surface area contributed by atoms with Crippen molar-refractivity contribution >= 4 is 21.6 Å². The van der Waals surface area contributed by atoms with Gasteiger partial charge in [0.1, 0.15) is 5.75 Å². The van der Waals surface area contributed by atoms with Crippen molar-refractivity contribution < 1.29 is 22.7 Å². The molecule has 0 aromatic heterocycles. The zero-order valence-corrected chi connectivity index (χ0v) is 16.8. The number of hydrogen-bond donors (Lipinski definition) is 1. The Morgan fingerprint density at radius 3 is 2.46 bits per heavy atom. The van der Waals surface area contributed by atoms with Gasteiger partial charge in [-0.2, -0.15) is 4.31 Å². The Balaban J connectivity index is 1.80. The van der Waals surface area contributed by atoms with Crippen molar-refractivity contribution in [3.8, 4) is 5.75 Å². The molecule has 28 heavy (non-hydrogen) atoms. The molecule has 1 saturated heterocycles. The zero-order valence-electron chi connectivity index (χ0n) is 16.0. The van der Waals surface area contributed by atoms with Crippen LogP contribution in [0.15, 0.2) is 47.4 Å². The Labute approximate surface area is 165 Å². The summed E-state index contributed by atoms with van der Waals surface area (Å²) in [7, 11) is -2.19. The minimum Gasteiger partial charge on any atom is -0.495 e. The van der Waals surface area contributed by atoms with Crippen LogP contribution in [0.5, 0.6) is 5.75 Å². The molecule has 0 aliphatic carbocycles. The fourth-order valence-corrected chi connectivity index (χ4v) is 4.40. The van der Waals surface area contributed by atoms with Gasteiger partial charge < -0.3 is 14.8 Å². The Bertz CT molecular complexity index is 936. The molecule has 3 rings (SSSR count). The van der Waals surface area contributed by atoms with E-state index in [1.807, 2.05) is 31.2 Å². The van der Waals surface area contributed by atoms with Gasteiger partial charge in [0.05, 0.1) is 37.3 Å². The number of benzene rings is 2. The number of morpholine rings is 1. The van der Waals surface area contributed by atoms with E-state index in [-0.39, 0.29) is 17.2 Å². The summed E-state index contributed by atoms with van der Waals surface area (Å²) in [5.41, 5.74) is 2.32. The molecule has 1 fully saturated rings. The van der Waals surface area contributed by atoms with Crippen LogP contribution in [-0.4, -0.2) is 52.0 Å². The highest BCUT2D eigenvalue weighted by atomic mass is 32.2. The van der Waals surface area contributed by atoms with Crippen molar-refractivity contribution in [1.82, 2.24) is 4.31 Å². The molecule has 7 nitrogen and oxygen atoms in total. The second-order valence-corrected chi connectivity index (χ2v) is 8.53. The Morgan fingerprint density at radius 2 is 1.82 bits per heavy atom. The van der Waals surface area contributed by atoms with Crippen LogP contribution in [0.4, 0.5) is 5.69 Å². The maximum Gasteiger partial charge on any atom is 0.243 e. The molecule has 0 saturated carbocycles. The Hall–Kier alpha value is -2.42. The molecule has 2 aromatic rings. The normalized spacial score (nSPS) is 15.2. The molecular weight excluding hydrogens is 380 g/mol. The number of methoxy groups -OCH3 is 1. The van der Waals surface area contributed by atoms with Crippen LogP contribution in [-0.2, 0) is 26.0 Å². The lowest BCUT2D eigenvalue weighted by Crippen LogP contribution is -2.40. The van der Waals surface area contributed by atoms with Crippen molar-refractivity contribution in [2.75, 3.05) is 38.7 Å². The predicted octanol–water partition coefficient (Wildman–Crippen LogP) is 2.21. The number of aryl methyl sites for hydroxylation is 1. The number of sulfonamides is 1. The SMILES string of the molecule is COc1ccc(S(=O)(=O)N2CCOCC2)cc1NC(=O)Cc1ccc(C)cc1. The number of nitrogens with one attached hydrogen (secondary N) is 1. The van der Waals surface area contributed by atoms with E-state index in [0.29, 0.717) is 37.7 Å². The van der Waals surface area contributed by atoms with E-state index in [0.717, 1.165) is 11.1 Å². The van der Waals surface area contributed by atoms with Gasteiger partial charge in [-0.25, -0.2) is 8.42 Å². The third-order valence-electron chi connectivity index (χ3n) is 4.54. The molecule has 0 bridgehead atoms. The number of amides is 1. The van der Waals surface area contributed by atoms with Crippen molar-refractivity contribution in [2.24, 2.45) is 0 Å². The third kappa shape index (κ3) is 4.70. The van der Waals surface area contributed by atoms with Crippen molar-refractivity contribution in [3.05, 3.63) is 53.6 Å². The fraction of sp³-hybridized carbons (Fsp3) is 0.350. The highest BCUT2D eigenvalue weighted by Crippen LogP contribution is 2.29. The first-order valence-electron chi connectivity index (χ1n) is 9.01. The molecule has 0 radical (unpaired) electrons. The topological polar surface area (TPSA) is 84.9 Å².